The van der Waals surface area contributed by atoms with Crippen molar-refractivity contribution in [1.29, 1.82) is 0 Å². The molecule has 0 spiro atoms. The normalized spacial score (nSPS) is 16.3. The van der Waals surface area contributed by atoms with Gasteiger partial charge in [0.25, 0.3) is 0 Å². The zero-order valence-electron chi connectivity index (χ0n) is 8.51. The molecule has 1 fully saturated rings. The van der Waals surface area contributed by atoms with E-state index in [4.69, 9.17) is 0 Å². The number of aromatic nitrogens is 1. The Bertz CT molecular complexity index is 321. The Morgan fingerprint density at radius 1 is 1.21 bits per heavy atom. The van der Waals surface area contributed by atoms with Crippen LogP contribution in [-0.2, 0) is 0 Å². The van der Waals surface area contributed by atoms with E-state index in [1.165, 1.54) is 0 Å². The molecule has 0 aliphatic carbocycles. The fraction of sp³-hybridized carbons (Fsp3) is 0.400. The van der Waals surface area contributed by atoms with Crippen molar-refractivity contribution in [3.8, 4) is 0 Å². The van der Waals surface area contributed by atoms with Crippen LogP contribution < -0.4 is 0 Å². The molecule has 14 heavy (non-hydrogen) atoms. The van der Waals surface area contributed by atoms with Crippen molar-refractivity contribution < 1.29 is 0 Å². The van der Waals surface area contributed by atoms with Crippen LogP contribution in [0.1, 0.15) is 0 Å². The first-order valence-corrected chi connectivity index (χ1v) is 4.69. The lowest BCUT2D eigenvalue weighted by Gasteiger charge is -2.15. The number of hydrogen-bond acceptors (Lipinski definition) is 2. The number of nitrogens with zero attached hydrogens (tertiary/aromatic N) is 4. The average Bonchev–Trinajstić information content (AvgIpc) is 2.51. The molecular weight excluding hydrogens is 176 g/mol. The minimum atomic E-state index is 0.767. The molecule has 0 N–H and O–H groups in total. The molecule has 0 atom stereocenters. The third-order valence-electron chi connectivity index (χ3n) is 2.32. The van der Waals surface area contributed by atoms with Crippen molar-refractivity contribution in [1.82, 2.24) is 14.8 Å². The molecular formula is C10H14N4. The van der Waals surface area contributed by atoms with Crippen LogP contribution in [0.3, 0.4) is 0 Å². The molecule has 0 aromatic carbocycles. The summed E-state index contributed by atoms with van der Waals surface area (Å²) in [5, 5.41) is 0. The van der Waals surface area contributed by atoms with Crippen LogP contribution in [0.25, 0.3) is 0 Å². The van der Waals surface area contributed by atoms with Crippen LogP contribution in [0, 0.1) is 0 Å². The van der Waals surface area contributed by atoms with Gasteiger partial charge in [-0.25, -0.2) is 4.98 Å². The third-order valence-corrected chi connectivity index (χ3v) is 2.32. The largest absolute Gasteiger partial charge is 0.344 e. The summed E-state index contributed by atoms with van der Waals surface area (Å²) in [7, 11) is 4.09. The van der Waals surface area contributed by atoms with E-state index in [9.17, 15) is 0 Å². The highest BCUT2D eigenvalue weighted by Crippen LogP contribution is 2.11. The van der Waals surface area contributed by atoms with Crippen LogP contribution in [0.5, 0.6) is 0 Å². The molecule has 2 rings (SSSR count). The Morgan fingerprint density at radius 2 is 1.93 bits per heavy atom. The Labute approximate surface area is 83.9 Å². The second-order valence-corrected chi connectivity index (χ2v) is 3.44. The zero-order chi connectivity index (χ0) is 9.97. The molecule has 2 heterocycles. The lowest BCUT2D eigenvalue weighted by atomic mass is 10.5. The van der Waals surface area contributed by atoms with Gasteiger partial charge in [0.2, 0.25) is 5.96 Å². The van der Waals surface area contributed by atoms with Crippen LogP contribution in [0.15, 0.2) is 29.4 Å². The summed E-state index contributed by atoms with van der Waals surface area (Å²) in [5.74, 6) is 1.76. The van der Waals surface area contributed by atoms with E-state index < -0.39 is 0 Å². The van der Waals surface area contributed by atoms with E-state index in [1.807, 2.05) is 32.3 Å². The second kappa shape index (κ2) is 3.65. The van der Waals surface area contributed by atoms with Gasteiger partial charge in [0.05, 0.1) is 0 Å². The number of aliphatic imine (C=N–C) groups is 1. The first-order valence-electron chi connectivity index (χ1n) is 4.69. The third kappa shape index (κ3) is 1.69. The van der Waals surface area contributed by atoms with E-state index >= 15 is 0 Å². The van der Waals surface area contributed by atoms with Gasteiger partial charge < -0.3 is 9.80 Å². The summed E-state index contributed by atoms with van der Waals surface area (Å²) < 4.78 is 0. The maximum Gasteiger partial charge on any atom is 0.202 e. The number of likely N-dealkylation sites (N-methyl/N-ethyl adjacent to an activating group) is 2. The first-order chi connectivity index (χ1) is 6.77. The van der Waals surface area contributed by atoms with Crippen molar-refractivity contribution in [2.24, 2.45) is 4.99 Å². The van der Waals surface area contributed by atoms with Crippen molar-refractivity contribution in [3.63, 3.8) is 0 Å². The predicted octanol–water partition coefficient (Wildman–Crippen LogP) is 0.946. The molecule has 1 aromatic heterocycles. The predicted molar refractivity (Wildman–Crippen MR) is 56.6 cm³/mol. The molecule has 1 saturated heterocycles. The average molecular weight is 190 g/mol. The summed E-state index contributed by atoms with van der Waals surface area (Å²) >= 11 is 0. The first kappa shape index (κ1) is 8.99. The Hall–Kier alpha value is -1.58. The van der Waals surface area contributed by atoms with Gasteiger partial charge in [-0.1, -0.05) is 6.07 Å². The van der Waals surface area contributed by atoms with Crippen LogP contribution in [-0.4, -0.2) is 47.9 Å². The zero-order valence-corrected chi connectivity index (χ0v) is 8.51. The number of rotatable bonds is 1. The number of guanidine groups is 1. The van der Waals surface area contributed by atoms with Crippen LogP contribution in [0.4, 0.5) is 5.82 Å². The van der Waals surface area contributed by atoms with Gasteiger partial charge in [0.15, 0.2) is 5.82 Å². The SMILES string of the molecule is CN1CCN(C)C1=Nc1ccccn1. The van der Waals surface area contributed by atoms with Crippen LogP contribution >= 0.6 is 0 Å². The summed E-state index contributed by atoms with van der Waals surface area (Å²) in [5.41, 5.74) is 0. The molecule has 0 unspecified atom stereocenters. The van der Waals surface area contributed by atoms with Gasteiger partial charge in [-0.05, 0) is 12.1 Å². The highest BCUT2D eigenvalue weighted by atomic mass is 15.4. The molecule has 0 bridgehead atoms. The van der Waals surface area contributed by atoms with Gasteiger partial charge in [-0.2, -0.15) is 4.99 Å². The molecule has 0 radical (unpaired) electrons. The lowest BCUT2D eigenvalue weighted by Crippen LogP contribution is -2.27. The molecule has 1 aliphatic rings. The van der Waals surface area contributed by atoms with Gasteiger partial charge >= 0.3 is 0 Å². The lowest BCUT2D eigenvalue weighted by molar-refractivity contribution is 0.553. The smallest absolute Gasteiger partial charge is 0.202 e. The minimum absolute atomic E-state index is 0.767. The summed E-state index contributed by atoms with van der Waals surface area (Å²) in [4.78, 5) is 12.9. The highest BCUT2D eigenvalue weighted by Gasteiger charge is 2.19. The van der Waals surface area contributed by atoms with Gasteiger partial charge in [-0.3, -0.25) is 0 Å². The molecule has 4 nitrogen and oxygen atoms in total. The van der Waals surface area contributed by atoms with E-state index in [-0.39, 0.29) is 0 Å². The van der Waals surface area contributed by atoms with Crippen molar-refractivity contribution >= 4 is 11.8 Å². The maximum absolute atomic E-state index is 4.48. The highest BCUT2D eigenvalue weighted by molar-refractivity contribution is 5.83. The summed E-state index contributed by atoms with van der Waals surface area (Å²) in [6.45, 7) is 2.06. The van der Waals surface area contributed by atoms with Gasteiger partial charge in [0, 0.05) is 33.4 Å². The minimum Gasteiger partial charge on any atom is -0.344 e. The molecule has 1 aromatic rings. The topological polar surface area (TPSA) is 31.7 Å². The van der Waals surface area contributed by atoms with Crippen molar-refractivity contribution in [2.75, 3.05) is 27.2 Å². The van der Waals surface area contributed by atoms with E-state index in [1.54, 1.807) is 6.20 Å². The molecule has 4 heteroatoms. The number of hydrogen-bond donors (Lipinski definition) is 0. The van der Waals surface area contributed by atoms with Gasteiger partial charge in [-0.15, -0.1) is 0 Å². The van der Waals surface area contributed by atoms with Crippen LogP contribution in [0.2, 0.25) is 0 Å². The second-order valence-electron chi connectivity index (χ2n) is 3.44. The Morgan fingerprint density at radius 3 is 2.50 bits per heavy atom. The van der Waals surface area contributed by atoms with E-state index in [0.717, 1.165) is 24.9 Å². The molecule has 0 amide bonds. The summed E-state index contributed by atoms with van der Waals surface area (Å²) in [6.07, 6.45) is 1.76. The molecule has 0 saturated carbocycles. The fourth-order valence-corrected chi connectivity index (χ4v) is 1.48. The quantitative estimate of drug-likeness (QED) is 0.660. The number of pyridine rings is 1. The van der Waals surface area contributed by atoms with E-state index in [2.05, 4.69) is 19.8 Å². The fourth-order valence-electron chi connectivity index (χ4n) is 1.48. The summed E-state index contributed by atoms with van der Waals surface area (Å²) in [6, 6.07) is 5.75. The van der Waals surface area contributed by atoms with E-state index in [0.29, 0.717) is 0 Å². The molecule has 74 valence electrons. The monoisotopic (exact) mass is 190 g/mol. The Kier molecular flexibility index (Phi) is 2.35. The van der Waals surface area contributed by atoms with Crippen molar-refractivity contribution in [3.05, 3.63) is 24.4 Å². The van der Waals surface area contributed by atoms with Gasteiger partial charge in [0.1, 0.15) is 0 Å². The Balaban J connectivity index is 2.26. The maximum atomic E-state index is 4.48. The van der Waals surface area contributed by atoms with Crippen molar-refractivity contribution in [2.45, 2.75) is 0 Å². The molecule has 1 aliphatic heterocycles. The standard InChI is InChI=1S/C10H14N4/c1-13-7-8-14(2)10(13)12-9-5-3-4-6-11-9/h3-6H,7-8H2,1-2H3.